The monoisotopic (exact) mass is 322 g/mol. The topological polar surface area (TPSA) is 50.3 Å². The summed E-state index contributed by atoms with van der Waals surface area (Å²) in [7, 11) is -3.51. The lowest BCUT2D eigenvalue weighted by Crippen LogP contribution is -2.30. The minimum absolute atomic E-state index is 0.139. The Kier molecular flexibility index (Phi) is 3.97. The van der Waals surface area contributed by atoms with Crippen LogP contribution in [0.25, 0.3) is 0 Å². The first-order valence-electron chi connectivity index (χ1n) is 6.76. The highest BCUT2D eigenvalue weighted by atomic mass is 35.5. The summed E-state index contributed by atoms with van der Waals surface area (Å²) in [5, 5.41) is 0.527. The molecule has 1 aromatic heterocycles. The Balaban J connectivity index is 1.96. The predicted molar refractivity (Wildman–Crippen MR) is 81.6 cm³/mol. The van der Waals surface area contributed by atoms with Gasteiger partial charge in [-0.15, -0.1) is 0 Å². The summed E-state index contributed by atoms with van der Waals surface area (Å²) in [6, 6.07) is 9.92. The van der Waals surface area contributed by atoms with E-state index in [1.165, 1.54) is 0 Å². The molecule has 2 heterocycles. The third kappa shape index (κ3) is 2.81. The van der Waals surface area contributed by atoms with E-state index in [2.05, 4.69) is 4.98 Å². The standard InChI is InChI=1S/C15H15ClN2O2S/c16-13-5-7-14(8-6-13)21(19,20)18-10-2-4-15(18)12-3-1-9-17-11-12/h1,3,5-9,11,15H,2,4,10H2/t15-/m0/s1. The van der Waals surface area contributed by atoms with Crippen LogP contribution in [0.4, 0.5) is 0 Å². The summed E-state index contributed by atoms with van der Waals surface area (Å²) >= 11 is 5.83. The Labute approximate surface area is 129 Å². The molecular weight excluding hydrogens is 308 g/mol. The van der Waals surface area contributed by atoms with Gasteiger partial charge in [0.1, 0.15) is 0 Å². The van der Waals surface area contributed by atoms with Crippen LogP contribution in [-0.2, 0) is 10.0 Å². The molecule has 1 aliphatic rings. The van der Waals surface area contributed by atoms with E-state index < -0.39 is 10.0 Å². The molecule has 1 saturated heterocycles. The first-order chi connectivity index (χ1) is 10.1. The zero-order valence-electron chi connectivity index (χ0n) is 11.3. The number of rotatable bonds is 3. The Morgan fingerprint density at radius 3 is 2.62 bits per heavy atom. The number of sulfonamides is 1. The van der Waals surface area contributed by atoms with Gasteiger partial charge in [-0.25, -0.2) is 8.42 Å². The highest BCUT2D eigenvalue weighted by Crippen LogP contribution is 2.36. The van der Waals surface area contributed by atoms with E-state index in [-0.39, 0.29) is 10.9 Å². The molecule has 0 radical (unpaired) electrons. The van der Waals surface area contributed by atoms with Gasteiger partial charge >= 0.3 is 0 Å². The molecule has 0 N–H and O–H groups in total. The van der Waals surface area contributed by atoms with Crippen molar-refractivity contribution in [2.24, 2.45) is 0 Å². The first kappa shape index (κ1) is 14.5. The zero-order valence-corrected chi connectivity index (χ0v) is 12.9. The fraction of sp³-hybridized carbons (Fsp3) is 0.267. The second-order valence-corrected chi connectivity index (χ2v) is 7.34. The van der Waals surface area contributed by atoms with E-state index >= 15 is 0 Å². The van der Waals surface area contributed by atoms with Crippen LogP contribution in [0.2, 0.25) is 5.02 Å². The van der Waals surface area contributed by atoms with Gasteiger partial charge in [-0.3, -0.25) is 4.98 Å². The maximum atomic E-state index is 12.8. The SMILES string of the molecule is O=S(=O)(c1ccc(Cl)cc1)N1CCC[C@H]1c1cccnc1. The van der Waals surface area contributed by atoms with E-state index in [0.29, 0.717) is 11.6 Å². The van der Waals surface area contributed by atoms with Crippen molar-refractivity contribution in [3.63, 3.8) is 0 Å². The number of hydrogen-bond donors (Lipinski definition) is 0. The van der Waals surface area contributed by atoms with Crippen molar-refractivity contribution in [3.8, 4) is 0 Å². The summed E-state index contributed by atoms with van der Waals surface area (Å²) < 4.78 is 27.1. The fourth-order valence-corrected chi connectivity index (χ4v) is 4.48. The molecule has 0 bridgehead atoms. The lowest BCUT2D eigenvalue weighted by Gasteiger charge is -2.24. The maximum Gasteiger partial charge on any atom is 0.243 e. The first-order valence-corrected chi connectivity index (χ1v) is 8.58. The Bertz CT molecular complexity index is 717. The molecule has 4 nitrogen and oxygen atoms in total. The van der Waals surface area contributed by atoms with Crippen LogP contribution < -0.4 is 0 Å². The normalized spacial score (nSPS) is 19.8. The molecule has 2 aromatic rings. The summed E-state index contributed by atoms with van der Waals surface area (Å²) in [6.45, 7) is 0.532. The minimum atomic E-state index is -3.51. The smallest absolute Gasteiger partial charge is 0.243 e. The molecule has 0 aliphatic carbocycles. The van der Waals surface area contributed by atoms with Gasteiger partial charge in [-0.05, 0) is 48.7 Å². The Morgan fingerprint density at radius 1 is 1.19 bits per heavy atom. The molecule has 1 aliphatic heterocycles. The molecule has 0 saturated carbocycles. The number of halogens is 1. The van der Waals surface area contributed by atoms with E-state index in [1.807, 2.05) is 12.1 Å². The molecule has 6 heteroatoms. The van der Waals surface area contributed by atoms with Crippen LogP contribution in [-0.4, -0.2) is 24.3 Å². The molecule has 0 amide bonds. The summed E-state index contributed by atoms with van der Waals surface area (Å²) in [5.41, 5.74) is 0.938. The van der Waals surface area contributed by atoms with Crippen molar-refractivity contribution in [3.05, 3.63) is 59.4 Å². The number of pyridine rings is 1. The largest absolute Gasteiger partial charge is 0.264 e. The molecule has 1 fully saturated rings. The van der Waals surface area contributed by atoms with Crippen molar-refractivity contribution in [2.75, 3.05) is 6.54 Å². The quantitative estimate of drug-likeness (QED) is 0.871. The van der Waals surface area contributed by atoms with E-state index in [0.717, 1.165) is 18.4 Å². The van der Waals surface area contributed by atoms with Gasteiger partial charge < -0.3 is 0 Å². The molecule has 110 valence electrons. The van der Waals surface area contributed by atoms with Crippen molar-refractivity contribution in [1.29, 1.82) is 0 Å². The van der Waals surface area contributed by atoms with Crippen molar-refractivity contribution >= 4 is 21.6 Å². The van der Waals surface area contributed by atoms with Crippen LogP contribution in [0.15, 0.2) is 53.7 Å². The van der Waals surface area contributed by atoms with Gasteiger partial charge in [0, 0.05) is 24.0 Å². The minimum Gasteiger partial charge on any atom is -0.264 e. The van der Waals surface area contributed by atoms with E-state index in [4.69, 9.17) is 11.6 Å². The second-order valence-electron chi connectivity index (χ2n) is 5.01. The zero-order chi connectivity index (χ0) is 14.9. The molecular formula is C15H15ClN2O2S. The highest BCUT2D eigenvalue weighted by molar-refractivity contribution is 7.89. The average Bonchev–Trinajstić information content (AvgIpc) is 2.99. The fourth-order valence-electron chi connectivity index (χ4n) is 2.68. The number of benzene rings is 1. The Hall–Kier alpha value is -1.43. The van der Waals surface area contributed by atoms with Crippen molar-refractivity contribution < 1.29 is 8.42 Å². The van der Waals surface area contributed by atoms with Crippen molar-refractivity contribution in [1.82, 2.24) is 9.29 Å². The van der Waals surface area contributed by atoms with Gasteiger partial charge in [0.25, 0.3) is 0 Å². The number of aromatic nitrogens is 1. The van der Waals surface area contributed by atoms with Crippen LogP contribution in [0.3, 0.4) is 0 Å². The molecule has 1 atom stereocenters. The lowest BCUT2D eigenvalue weighted by molar-refractivity contribution is 0.396. The van der Waals surface area contributed by atoms with Gasteiger partial charge in [0.05, 0.1) is 10.9 Å². The summed E-state index contributed by atoms with van der Waals surface area (Å²) in [4.78, 5) is 4.37. The molecule has 1 aromatic carbocycles. The van der Waals surface area contributed by atoms with Gasteiger partial charge in [-0.2, -0.15) is 4.31 Å². The third-order valence-electron chi connectivity index (χ3n) is 3.69. The Morgan fingerprint density at radius 2 is 1.95 bits per heavy atom. The number of hydrogen-bond acceptors (Lipinski definition) is 3. The van der Waals surface area contributed by atoms with Crippen LogP contribution in [0.1, 0.15) is 24.4 Å². The van der Waals surface area contributed by atoms with Gasteiger partial charge in [0.2, 0.25) is 10.0 Å². The summed E-state index contributed by atoms with van der Waals surface area (Å²) in [6.07, 6.45) is 5.10. The van der Waals surface area contributed by atoms with E-state index in [1.54, 1.807) is 41.0 Å². The molecule has 21 heavy (non-hydrogen) atoms. The second kappa shape index (κ2) is 5.75. The van der Waals surface area contributed by atoms with Crippen LogP contribution >= 0.6 is 11.6 Å². The average molecular weight is 323 g/mol. The highest BCUT2D eigenvalue weighted by Gasteiger charge is 2.36. The predicted octanol–water partition coefficient (Wildman–Crippen LogP) is 3.26. The maximum absolute atomic E-state index is 12.8. The van der Waals surface area contributed by atoms with Crippen LogP contribution in [0, 0.1) is 0 Å². The number of nitrogens with zero attached hydrogens (tertiary/aromatic N) is 2. The van der Waals surface area contributed by atoms with Crippen molar-refractivity contribution in [2.45, 2.75) is 23.8 Å². The molecule has 0 spiro atoms. The lowest BCUT2D eigenvalue weighted by atomic mass is 10.1. The van der Waals surface area contributed by atoms with Gasteiger partial charge in [-0.1, -0.05) is 17.7 Å². The third-order valence-corrected chi connectivity index (χ3v) is 5.87. The summed E-state index contributed by atoms with van der Waals surface area (Å²) in [5.74, 6) is 0. The van der Waals surface area contributed by atoms with Crippen LogP contribution in [0.5, 0.6) is 0 Å². The van der Waals surface area contributed by atoms with E-state index in [9.17, 15) is 8.42 Å². The molecule has 3 rings (SSSR count). The van der Waals surface area contributed by atoms with Gasteiger partial charge in [0.15, 0.2) is 0 Å². The molecule has 0 unspecified atom stereocenters.